The van der Waals surface area contributed by atoms with Gasteiger partial charge in [0.15, 0.2) is 0 Å². The minimum atomic E-state index is 0.163. The number of aromatic nitrogens is 4. The first-order chi connectivity index (χ1) is 16.2. The van der Waals surface area contributed by atoms with Crippen molar-refractivity contribution in [3.63, 3.8) is 0 Å². The highest BCUT2D eigenvalue weighted by Crippen LogP contribution is 2.41. The summed E-state index contributed by atoms with van der Waals surface area (Å²) in [4.78, 5) is 35.2. The molecular formula is C25H39N7O. The summed E-state index contributed by atoms with van der Waals surface area (Å²) in [5.41, 5.74) is 0.482. The molecule has 2 saturated heterocycles. The molecule has 8 nitrogen and oxygen atoms in total. The summed E-state index contributed by atoms with van der Waals surface area (Å²) in [5, 5.41) is 0. The van der Waals surface area contributed by atoms with Crippen molar-refractivity contribution in [1.29, 1.82) is 0 Å². The minimum Gasteiger partial charge on any atom is -0.347 e. The van der Waals surface area contributed by atoms with Crippen LogP contribution in [0.4, 0.5) is 0 Å². The van der Waals surface area contributed by atoms with Gasteiger partial charge in [-0.1, -0.05) is 19.3 Å². The molecular weight excluding hydrogens is 414 g/mol. The average Bonchev–Trinajstić information content (AvgIpc) is 3.62. The predicted molar refractivity (Wildman–Crippen MR) is 127 cm³/mol. The van der Waals surface area contributed by atoms with Gasteiger partial charge in [-0.3, -0.25) is 4.79 Å². The van der Waals surface area contributed by atoms with Crippen LogP contribution in [-0.4, -0.2) is 79.3 Å². The molecule has 1 aliphatic carbocycles. The van der Waals surface area contributed by atoms with Gasteiger partial charge in [-0.25, -0.2) is 9.97 Å². The molecule has 180 valence electrons. The summed E-state index contributed by atoms with van der Waals surface area (Å²) in [6.45, 7) is 6.65. The molecule has 3 fully saturated rings. The van der Waals surface area contributed by atoms with Crippen molar-refractivity contribution >= 4 is 5.91 Å². The summed E-state index contributed by atoms with van der Waals surface area (Å²) in [5.74, 6) is 1.77. The molecule has 0 unspecified atom stereocenters. The van der Waals surface area contributed by atoms with Crippen molar-refractivity contribution in [2.24, 2.45) is 5.41 Å². The second-order valence-corrected chi connectivity index (χ2v) is 10.4. The van der Waals surface area contributed by atoms with Gasteiger partial charge in [0.2, 0.25) is 5.91 Å². The van der Waals surface area contributed by atoms with Crippen molar-refractivity contribution in [1.82, 2.24) is 34.6 Å². The SMILES string of the molecule is O=C(CCN1CCC2(CCN(C3CCCCC3)CC2)C1)N(Cc1ncc[nH]1)Cc1ncc[nH]1. The van der Waals surface area contributed by atoms with E-state index in [1.165, 1.54) is 64.5 Å². The van der Waals surface area contributed by atoms with Crippen LogP contribution < -0.4 is 0 Å². The number of nitrogens with zero attached hydrogens (tertiary/aromatic N) is 5. The highest BCUT2D eigenvalue weighted by Gasteiger charge is 2.41. The standard InChI is InChI=1S/C25H39N7O/c33-24(32(18-22-26-10-11-27-22)19-23-28-12-13-29-23)6-14-30-15-7-25(20-30)8-16-31(17-9-25)21-4-2-1-3-5-21/h10-13,21H,1-9,14-20H2,(H,26,27)(H,28,29). The number of likely N-dealkylation sites (tertiary alicyclic amines) is 2. The second kappa shape index (κ2) is 10.4. The van der Waals surface area contributed by atoms with E-state index in [2.05, 4.69) is 29.7 Å². The molecule has 1 saturated carbocycles. The fourth-order valence-electron chi connectivity index (χ4n) is 6.21. The Hall–Kier alpha value is -2.19. The molecule has 3 aliphatic rings. The number of hydrogen-bond acceptors (Lipinski definition) is 5. The van der Waals surface area contributed by atoms with E-state index in [4.69, 9.17) is 0 Å². The van der Waals surface area contributed by atoms with E-state index in [9.17, 15) is 4.79 Å². The maximum Gasteiger partial charge on any atom is 0.224 e. The molecule has 0 bridgehead atoms. The van der Waals surface area contributed by atoms with Crippen LogP contribution in [0.15, 0.2) is 24.8 Å². The quantitative estimate of drug-likeness (QED) is 0.641. The highest BCUT2D eigenvalue weighted by molar-refractivity contribution is 5.76. The number of aromatic amines is 2. The molecule has 8 heteroatoms. The van der Waals surface area contributed by atoms with Gasteiger partial charge in [-0.15, -0.1) is 0 Å². The van der Waals surface area contributed by atoms with Crippen molar-refractivity contribution in [2.75, 3.05) is 32.7 Å². The Labute approximate surface area is 197 Å². The van der Waals surface area contributed by atoms with Gasteiger partial charge in [0.25, 0.3) is 0 Å². The molecule has 0 atom stereocenters. The number of imidazole rings is 2. The molecule has 4 heterocycles. The Bertz CT molecular complexity index is 815. The third-order valence-corrected chi connectivity index (χ3v) is 8.25. The summed E-state index contributed by atoms with van der Waals surface area (Å²) in [7, 11) is 0. The first kappa shape index (κ1) is 22.6. The molecule has 2 N–H and O–H groups in total. The van der Waals surface area contributed by atoms with Gasteiger partial charge in [-0.2, -0.15) is 0 Å². The van der Waals surface area contributed by atoms with Crippen LogP contribution in [-0.2, 0) is 17.9 Å². The zero-order valence-electron chi connectivity index (χ0n) is 19.8. The average molecular weight is 454 g/mol. The Morgan fingerprint density at radius 1 is 0.970 bits per heavy atom. The van der Waals surface area contributed by atoms with Crippen LogP contribution >= 0.6 is 0 Å². The molecule has 33 heavy (non-hydrogen) atoms. The molecule has 2 aliphatic heterocycles. The van der Waals surface area contributed by atoms with Crippen LogP contribution in [0.1, 0.15) is 69.4 Å². The second-order valence-electron chi connectivity index (χ2n) is 10.4. The van der Waals surface area contributed by atoms with Crippen LogP contribution in [0.5, 0.6) is 0 Å². The zero-order valence-corrected chi connectivity index (χ0v) is 19.8. The lowest BCUT2D eigenvalue weighted by Gasteiger charge is -2.44. The number of hydrogen-bond donors (Lipinski definition) is 2. The van der Waals surface area contributed by atoms with Crippen molar-refractivity contribution in [2.45, 2.75) is 76.9 Å². The summed E-state index contributed by atoms with van der Waals surface area (Å²) in [6.07, 6.45) is 18.7. The number of H-pyrrole nitrogens is 2. The van der Waals surface area contributed by atoms with Crippen LogP contribution in [0, 0.1) is 5.41 Å². The van der Waals surface area contributed by atoms with Gasteiger partial charge in [-0.05, 0) is 57.2 Å². The highest BCUT2D eigenvalue weighted by atomic mass is 16.2. The van der Waals surface area contributed by atoms with E-state index < -0.39 is 0 Å². The van der Waals surface area contributed by atoms with E-state index in [1.807, 2.05) is 4.90 Å². The largest absolute Gasteiger partial charge is 0.347 e. The zero-order chi connectivity index (χ0) is 22.5. The topological polar surface area (TPSA) is 84.2 Å². The van der Waals surface area contributed by atoms with E-state index >= 15 is 0 Å². The van der Waals surface area contributed by atoms with E-state index in [1.54, 1.807) is 24.8 Å². The minimum absolute atomic E-state index is 0.163. The molecule has 0 radical (unpaired) electrons. The first-order valence-electron chi connectivity index (χ1n) is 12.9. The third-order valence-electron chi connectivity index (χ3n) is 8.25. The van der Waals surface area contributed by atoms with Crippen LogP contribution in [0.2, 0.25) is 0 Å². The maximum atomic E-state index is 13.1. The van der Waals surface area contributed by atoms with E-state index in [-0.39, 0.29) is 5.91 Å². The summed E-state index contributed by atoms with van der Waals surface area (Å²) in [6, 6.07) is 0.848. The lowest BCUT2D eigenvalue weighted by Crippen LogP contribution is -2.46. The maximum absolute atomic E-state index is 13.1. The summed E-state index contributed by atoms with van der Waals surface area (Å²) >= 11 is 0. The predicted octanol–water partition coefficient (Wildman–Crippen LogP) is 3.17. The monoisotopic (exact) mass is 453 g/mol. The number of rotatable bonds is 8. The van der Waals surface area contributed by atoms with Crippen molar-refractivity contribution in [3.8, 4) is 0 Å². The van der Waals surface area contributed by atoms with Gasteiger partial charge in [0.05, 0.1) is 13.1 Å². The van der Waals surface area contributed by atoms with Gasteiger partial charge >= 0.3 is 0 Å². The lowest BCUT2D eigenvalue weighted by atomic mass is 9.77. The van der Waals surface area contributed by atoms with Gasteiger partial charge < -0.3 is 24.7 Å². The lowest BCUT2D eigenvalue weighted by molar-refractivity contribution is -0.133. The first-order valence-corrected chi connectivity index (χ1v) is 12.9. The van der Waals surface area contributed by atoms with E-state index in [0.29, 0.717) is 24.9 Å². The fraction of sp³-hybridized carbons (Fsp3) is 0.720. The Morgan fingerprint density at radius 3 is 2.21 bits per heavy atom. The molecule has 2 aromatic rings. The fourth-order valence-corrected chi connectivity index (χ4v) is 6.21. The summed E-state index contributed by atoms with van der Waals surface area (Å²) < 4.78 is 0. The third kappa shape index (κ3) is 5.66. The number of carbonyl (C=O) groups is 1. The number of piperidine rings is 1. The molecule has 1 spiro atoms. The van der Waals surface area contributed by atoms with E-state index in [0.717, 1.165) is 37.3 Å². The molecule has 2 aromatic heterocycles. The van der Waals surface area contributed by atoms with Crippen LogP contribution in [0.3, 0.4) is 0 Å². The number of amides is 1. The smallest absolute Gasteiger partial charge is 0.224 e. The normalized spacial score (nSPS) is 22.2. The van der Waals surface area contributed by atoms with Gasteiger partial charge in [0.1, 0.15) is 11.6 Å². The number of carbonyl (C=O) groups excluding carboxylic acids is 1. The number of nitrogens with one attached hydrogen (secondary N) is 2. The molecule has 5 rings (SSSR count). The Balaban J connectivity index is 1.10. The van der Waals surface area contributed by atoms with Crippen molar-refractivity contribution in [3.05, 3.63) is 36.4 Å². The van der Waals surface area contributed by atoms with Gasteiger partial charge in [0, 0.05) is 50.3 Å². The van der Waals surface area contributed by atoms with Crippen molar-refractivity contribution < 1.29 is 4.79 Å². The Morgan fingerprint density at radius 2 is 1.61 bits per heavy atom. The van der Waals surface area contributed by atoms with Crippen LogP contribution in [0.25, 0.3) is 0 Å². The molecule has 1 amide bonds. The Kier molecular flexibility index (Phi) is 7.11. The molecule has 0 aromatic carbocycles.